The summed E-state index contributed by atoms with van der Waals surface area (Å²) in [6.45, 7) is 1.97. The smallest absolute Gasteiger partial charge is 0.234 e. The van der Waals surface area contributed by atoms with E-state index in [0.29, 0.717) is 23.6 Å². The van der Waals surface area contributed by atoms with Crippen LogP contribution in [0.25, 0.3) is 0 Å². The first kappa shape index (κ1) is 14.8. The molecule has 22 heavy (non-hydrogen) atoms. The second-order valence-corrected chi connectivity index (χ2v) is 6.05. The van der Waals surface area contributed by atoms with E-state index >= 15 is 0 Å². The Morgan fingerprint density at radius 1 is 0.909 bits per heavy atom. The summed E-state index contributed by atoms with van der Waals surface area (Å²) in [4.78, 5) is 26.1. The minimum atomic E-state index is -0.153. The molecule has 2 amide bonds. The maximum Gasteiger partial charge on any atom is 0.234 e. The molecule has 0 unspecified atom stereocenters. The van der Waals surface area contributed by atoms with Gasteiger partial charge in [0.25, 0.3) is 0 Å². The number of anilines is 1. The SMILES string of the molecule is Cc1ccc(N2C(=O)CC(c3ccc(Cl)cc3)CC2=O)cc1. The van der Waals surface area contributed by atoms with Gasteiger partial charge in [-0.2, -0.15) is 0 Å². The number of imide groups is 1. The van der Waals surface area contributed by atoms with Crippen LogP contribution < -0.4 is 4.90 Å². The summed E-state index contributed by atoms with van der Waals surface area (Å²) >= 11 is 5.88. The van der Waals surface area contributed by atoms with Crippen LogP contribution in [0.2, 0.25) is 5.02 Å². The van der Waals surface area contributed by atoms with Crippen LogP contribution in [0, 0.1) is 6.92 Å². The van der Waals surface area contributed by atoms with Crippen molar-refractivity contribution in [1.29, 1.82) is 0 Å². The molecule has 0 aliphatic carbocycles. The van der Waals surface area contributed by atoms with Crippen LogP contribution >= 0.6 is 11.6 Å². The fourth-order valence-corrected chi connectivity index (χ4v) is 2.89. The van der Waals surface area contributed by atoms with Gasteiger partial charge >= 0.3 is 0 Å². The molecule has 0 spiro atoms. The fourth-order valence-electron chi connectivity index (χ4n) is 2.77. The highest BCUT2D eigenvalue weighted by atomic mass is 35.5. The van der Waals surface area contributed by atoms with Gasteiger partial charge < -0.3 is 0 Å². The van der Waals surface area contributed by atoms with E-state index in [1.807, 2.05) is 43.3 Å². The zero-order chi connectivity index (χ0) is 15.7. The Bertz CT molecular complexity index is 689. The number of piperidine rings is 1. The minimum absolute atomic E-state index is 0.0704. The van der Waals surface area contributed by atoms with Crippen LogP contribution in [0.4, 0.5) is 5.69 Å². The summed E-state index contributed by atoms with van der Waals surface area (Å²) in [5.74, 6) is -0.376. The number of amides is 2. The largest absolute Gasteiger partial charge is 0.274 e. The molecule has 0 aromatic heterocycles. The Kier molecular flexibility index (Phi) is 3.99. The van der Waals surface area contributed by atoms with Crippen LogP contribution in [0.1, 0.15) is 29.9 Å². The number of aryl methyl sites for hydroxylation is 1. The Morgan fingerprint density at radius 3 is 2.00 bits per heavy atom. The molecule has 2 aromatic rings. The maximum atomic E-state index is 12.4. The van der Waals surface area contributed by atoms with Crippen molar-refractivity contribution in [1.82, 2.24) is 0 Å². The zero-order valence-corrected chi connectivity index (χ0v) is 13.0. The molecule has 1 saturated heterocycles. The van der Waals surface area contributed by atoms with E-state index in [-0.39, 0.29) is 17.7 Å². The topological polar surface area (TPSA) is 37.4 Å². The predicted octanol–water partition coefficient (Wildman–Crippen LogP) is 4.09. The van der Waals surface area contributed by atoms with Gasteiger partial charge in [-0.3, -0.25) is 14.5 Å². The van der Waals surface area contributed by atoms with Gasteiger partial charge in [-0.25, -0.2) is 0 Å². The molecular weight excluding hydrogens is 298 g/mol. The lowest BCUT2D eigenvalue weighted by Gasteiger charge is -2.30. The van der Waals surface area contributed by atoms with E-state index in [9.17, 15) is 9.59 Å². The third-order valence-corrected chi connectivity index (χ3v) is 4.23. The van der Waals surface area contributed by atoms with Crippen molar-refractivity contribution >= 4 is 29.1 Å². The summed E-state index contributed by atoms with van der Waals surface area (Å²) in [6.07, 6.45) is 0.669. The third kappa shape index (κ3) is 2.90. The van der Waals surface area contributed by atoms with Gasteiger partial charge in [0, 0.05) is 23.8 Å². The van der Waals surface area contributed by atoms with Crippen molar-refractivity contribution in [3.8, 4) is 0 Å². The average Bonchev–Trinajstić information content (AvgIpc) is 2.49. The van der Waals surface area contributed by atoms with E-state index < -0.39 is 0 Å². The van der Waals surface area contributed by atoms with Gasteiger partial charge in [-0.1, -0.05) is 41.4 Å². The van der Waals surface area contributed by atoms with Crippen molar-refractivity contribution < 1.29 is 9.59 Å². The van der Waals surface area contributed by atoms with Gasteiger partial charge in [-0.05, 0) is 36.8 Å². The van der Waals surface area contributed by atoms with E-state index in [2.05, 4.69) is 0 Å². The summed E-state index contributed by atoms with van der Waals surface area (Å²) in [5, 5.41) is 0.651. The number of carbonyl (C=O) groups excluding carboxylic acids is 2. The highest BCUT2D eigenvalue weighted by Gasteiger charge is 2.34. The molecule has 1 heterocycles. The lowest BCUT2D eigenvalue weighted by atomic mass is 9.88. The van der Waals surface area contributed by atoms with Crippen molar-refractivity contribution in [2.75, 3.05) is 4.90 Å². The Balaban J connectivity index is 1.82. The second-order valence-electron chi connectivity index (χ2n) is 5.62. The Hall–Kier alpha value is -2.13. The summed E-state index contributed by atoms with van der Waals surface area (Å²) in [7, 11) is 0. The van der Waals surface area contributed by atoms with Crippen LogP contribution in [-0.2, 0) is 9.59 Å². The van der Waals surface area contributed by atoms with E-state index in [1.165, 1.54) is 4.90 Å². The standard InChI is InChI=1S/C18H16ClNO2/c1-12-2-8-16(9-3-12)20-17(21)10-14(11-18(20)22)13-4-6-15(19)7-5-13/h2-9,14H,10-11H2,1H3. The van der Waals surface area contributed by atoms with Gasteiger partial charge in [0.1, 0.15) is 0 Å². The normalized spacial score (nSPS) is 16.2. The molecule has 1 fully saturated rings. The molecule has 3 rings (SSSR count). The zero-order valence-electron chi connectivity index (χ0n) is 12.3. The number of nitrogens with zero attached hydrogens (tertiary/aromatic N) is 1. The third-order valence-electron chi connectivity index (χ3n) is 3.97. The molecule has 4 heteroatoms. The maximum absolute atomic E-state index is 12.4. The monoisotopic (exact) mass is 313 g/mol. The van der Waals surface area contributed by atoms with Gasteiger partial charge in [0.15, 0.2) is 0 Å². The summed E-state index contributed by atoms with van der Waals surface area (Å²) in [5.41, 5.74) is 2.73. The molecule has 0 radical (unpaired) electrons. The van der Waals surface area contributed by atoms with Gasteiger partial charge in [0.2, 0.25) is 11.8 Å². The molecule has 1 aliphatic rings. The first-order valence-electron chi connectivity index (χ1n) is 7.22. The van der Waals surface area contributed by atoms with Crippen molar-refractivity contribution in [2.24, 2.45) is 0 Å². The first-order chi connectivity index (χ1) is 10.5. The lowest BCUT2D eigenvalue weighted by molar-refractivity contribution is -0.129. The fraction of sp³-hybridized carbons (Fsp3) is 0.222. The Morgan fingerprint density at radius 2 is 1.45 bits per heavy atom. The number of rotatable bonds is 2. The molecule has 0 bridgehead atoms. The summed E-state index contributed by atoms with van der Waals surface area (Å²) < 4.78 is 0. The van der Waals surface area contributed by atoms with Crippen LogP contribution in [0.15, 0.2) is 48.5 Å². The number of hydrogen-bond acceptors (Lipinski definition) is 2. The molecule has 0 atom stereocenters. The minimum Gasteiger partial charge on any atom is -0.274 e. The Labute approximate surface area is 134 Å². The van der Waals surface area contributed by atoms with Crippen LogP contribution in [-0.4, -0.2) is 11.8 Å². The van der Waals surface area contributed by atoms with E-state index in [4.69, 9.17) is 11.6 Å². The van der Waals surface area contributed by atoms with Crippen LogP contribution in [0.3, 0.4) is 0 Å². The second kappa shape index (κ2) is 5.93. The number of hydrogen-bond donors (Lipinski definition) is 0. The van der Waals surface area contributed by atoms with E-state index in [1.54, 1.807) is 12.1 Å². The molecule has 1 aliphatic heterocycles. The molecular formula is C18H16ClNO2. The molecule has 112 valence electrons. The molecule has 2 aromatic carbocycles. The van der Waals surface area contributed by atoms with Crippen LogP contribution in [0.5, 0.6) is 0 Å². The van der Waals surface area contributed by atoms with Crippen molar-refractivity contribution in [3.05, 3.63) is 64.7 Å². The van der Waals surface area contributed by atoms with Crippen molar-refractivity contribution in [3.63, 3.8) is 0 Å². The number of halogens is 1. The highest BCUT2D eigenvalue weighted by molar-refractivity contribution is 6.30. The quantitative estimate of drug-likeness (QED) is 0.783. The van der Waals surface area contributed by atoms with Gasteiger partial charge in [-0.15, -0.1) is 0 Å². The highest BCUT2D eigenvalue weighted by Crippen LogP contribution is 2.32. The molecule has 0 N–H and O–H groups in total. The predicted molar refractivity (Wildman–Crippen MR) is 87.1 cm³/mol. The van der Waals surface area contributed by atoms with Gasteiger partial charge in [0.05, 0.1) is 5.69 Å². The first-order valence-corrected chi connectivity index (χ1v) is 7.60. The van der Waals surface area contributed by atoms with E-state index in [0.717, 1.165) is 11.1 Å². The summed E-state index contributed by atoms with van der Waals surface area (Å²) in [6, 6.07) is 14.8. The number of benzene rings is 2. The molecule has 3 nitrogen and oxygen atoms in total. The van der Waals surface area contributed by atoms with Crippen molar-refractivity contribution in [2.45, 2.75) is 25.7 Å². The molecule has 0 saturated carbocycles. The number of carbonyl (C=O) groups is 2. The average molecular weight is 314 g/mol. The lowest BCUT2D eigenvalue weighted by Crippen LogP contribution is -2.42.